The molecular weight excluding hydrogens is 615 g/mol. The molecule has 0 atom stereocenters. The van der Waals surface area contributed by atoms with Gasteiger partial charge in [0.15, 0.2) is 0 Å². The number of rotatable bonds is 6. The molecule has 2 heteroatoms. The Bertz CT molecular complexity index is 1320. The molecule has 0 N–H and O–H groups in total. The topological polar surface area (TPSA) is 0 Å². The van der Waals surface area contributed by atoms with Crippen LogP contribution in [0, 0.1) is 20.8 Å². The van der Waals surface area contributed by atoms with Crippen molar-refractivity contribution in [3.05, 3.63) is 160 Å². The van der Waals surface area contributed by atoms with Gasteiger partial charge in [0.25, 0.3) is 0 Å². The molecule has 5 aromatic rings. The third kappa shape index (κ3) is 6.90. The summed E-state index contributed by atoms with van der Waals surface area (Å²) in [5.74, 6) is 0. The Hall–Kier alpha value is -2.82. The van der Waals surface area contributed by atoms with Crippen LogP contribution in [0.2, 0.25) is 0 Å². The molecule has 0 unspecified atom stereocenters. The monoisotopic (exact) mass is 656 g/mol. The van der Waals surface area contributed by atoms with Crippen molar-refractivity contribution >= 4 is 30.1 Å². The van der Waals surface area contributed by atoms with E-state index in [-0.39, 0.29) is 0 Å². The highest BCUT2D eigenvalue weighted by atomic mass is 127. The Labute approximate surface area is 258 Å². The van der Waals surface area contributed by atoms with Gasteiger partial charge in [-0.15, -0.1) is 0 Å². The van der Waals surface area contributed by atoms with Crippen LogP contribution in [0.1, 0.15) is 66.6 Å². The molecule has 0 saturated heterocycles. The molecule has 0 spiro atoms. The maximum absolute atomic E-state index is 2.33. The highest BCUT2D eigenvalue weighted by molar-refractivity contribution is 14.2. The summed E-state index contributed by atoms with van der Waals surface area (Å²) in [5.41, 5.74) is 10.9. The molecule has 5 aromatic carbocycles. The molecule has 5 rings (SSSR count). The van der Waals surface area contributed by atoms with Gasteiger partial charge in [0.05, 0.1) is 5.41 Å². The zero-order valence-corrected chi connectivity index (χ0v) is 27.8. The van der Waals surface area contributed by atoms with Crippen molar-refractivity contribution in [1.82, 2.24) is 0 Å². The lowest BCUT2D eigenvalue weighted by atomic mass is 9.65. The molecule has 0 nitrogen and oxygen atoms in total. The zero-order chi connectivity index (χ0) is 29.1. The van der Waals surface area contributed by atoms with Gasteiger partial charge >= 0.3 is 0 Å². The van der Waals surface area contributed by atoms with Crippen LogP contribution in [0.15, 0.2) is 126 Å². The van der Waals surface area contributed by atoms with Gasteiger partial charge in [-0.3, -0.25) is 0 Å². The van der Waals surface area contributed by atoms with Gasteiger partial charge in [-0.05, 0) is 66.3 Å². The first-order valence-corrected chi connectivity index (χ1v) is 17.6. The summed E-state index contributed by atoms with van der Waals surface area (Å²) in [6.45, 7) is 14.5. The maximum Gasteiger partial charge on any atom is 0.0701 e. The maximum atomic E-state index is 2.33. The Morgan fingerprint density at radius 2 is 0.650 bits per heavy atom. The zero-order valence-electron chi connectivity index (χ0n) is 24.8. The number of halogens is 1. The largest absolute Gasteiger partial charge is 0.0701 e. The van der Waals surface area contributed by atoms with Crippen LogP contribution in [0.5, 0.6) is 0 Å². The second-order valence-electron chi connectivity index (χ2n) is 9.53. The lowest BCUT2D eigenvalue weighted by molar-refractivity contribution is 0.744. The van der Waals surface area contributed by atoms with Gasteiger partial charge in [-0.25, -0.2) is 0 Å². The van der Waals surface area contributed by atoms with Crippen molar-refractivity contribution in [3.8, 4) is 11.1 Å². The molecule has 0 aliphatic heterocycles. The summed E-state index contributed by atoms with van der Waals surface area (Å²) in [5, 5.41) is 0. The van der Waals surface area contributed by atoms with Crippen LogP contribution in [0.25, 0.3) is 11.1 Å². The predicted octanol–water partition coefficient (Wildman–Crippen LogP) is 12.2. The van der Waals surface area contributed by atoms with Crippen LogP contribution < -0.4 is 0 Å². The van der Waals surface area contributed by atoms with Gasteiger partial charge in [0.1, 0.15) is 0 Å². The van der Waals surface area contributed by atoms with E-state index < -0.39 is 5.41 Å². The predicted molar refractivity (Wildman–Crippen MR) is 187 cm³/mol. The minimum absolute atomic E-state index is 0.421. The summed E-state index contributed by atoms with van der Waals surface area (Å²) in [7, 11) is 1.74. The summed E-state index contributed by atoms with van der Waals surface area (Å²) >= 11 is 2.33. The van der Waals surface area contributed by atoms with Crippen molar-refractivity contribution < 1.29 is 0 Å². The summed E-state index contributed by atoms with van der Waals surface area (Å²) in [4.78, 5) is 1.27. The van der Waals surface area contributed by atoms with Crippen LogP contribution in [0.3, 0.4) is 0 Å². The third-order valence-electron chi connectivity index (χ3n) is 7.05. The van der Waals surface area contributed by atoms with Crippen LogP contribution in [0.4, 0.5) is 0 Å². The Kier molecular flexibility index (Phi) is 12.1. The molecule has 40 heavy (non-hydrogen) atoms. The fraction of sp³-hybridized carbons (Fsp3) is 0.211. The van der Waals surface area contributed by atoms with Crippen LogP contribution in [-0.2, 0) is 5.41 Å². The molecule has 0 radical (unpaired) electrons. The Balaban J connectivity index is 0.00000106. The molecule has 0 saturated carbocycles. The van der Waals surface area contributed by atoms with Gasteiger partial charge in [0, 0.05) is 26.1 Å². The third-order valence-corrected chi connectivity index (χ3v) is 9.02. The highest BCUT2D eigenvalue weighted by Gasteiger charge is 2.38. The minimum Gasteiger partial charge on any atom is -0.0683 e. The second-order valence-corrected chi connectivity index (χ2v) is 11.5. The normalized spacial score (nSPS) is 10.6. The number of hydrogen-bond acceptors (Lipinski definition) is 1. The SMILES string of the molecule is CC.CC.Cc1ccc(C(c2ccc(C)cc2)(c2ccc(C)cc2)c2ccc(-c3ccc(SI)cc3)cc2)cc1. The fourth-order valence-corrected chi connectivity index (χ4v) is 6.14. The van der Waals surface area contributed by atoms with Crippen LogP contribution in [-0.4, -0.2) is 0 Å². The highest BCUT2D eigenvalue weighted by Crippen LogP contribution is 2.45. The average molecular weight is 657 g/mol. The van der Waals surface area contributed by atoms with Gasteiger partial charge in [-0.2, -0.15) is 0 Å². The van der Waals surface area contributed by atoms with Gasteiger partial charge < -0.3 is 0 Å². The van der Waals surface area contributed by atoms with E-state index in [1.165, 1.54) is 55.0 Å². The first-order chi connectivity index (χ1) is 19.5. The van der Waals surface area contributed by atoms with E-state index in [1.54, 1.807) is 8.93 Å². The van der Waals surface area contributed by atoms with E-state index in [9.17, 15) is 0 Å². The second kappa shape index (κ2) is 15.3. The molecule has 0 bridgehead atoms. The minimum atomic E-state index is -0.421. The molecule has 0 fully saturated rings. The van der Waals surface area contributed by atoms with Gasteiger partial charge in [-0.1, -0.05) is 163 Å². The lowest BCUT2D eigenvalue weighted by Crippen LogP contribution is -2.31. The van der Waals surface area contributed by atoms with Crippen molar-refractivity contribution in [2.75, 3.05) is 0 Å². The number of benzene rings is 5. The van der Waals surface area contributed by atoms with E-state index in [0.717, 1.165) is 0 Å². The van der Waals surface area contributed by atoms with Crippen molar-refractivity contribution in [2.45, 2.75) is 58.8 Å². The summed E-state index contributed by atoms with van der Waals surface area (Å²) < 4.78 is 0. The molecule has 206 valence electrons. The first-order valence-electron chi connectivity index (χ1n) is 14.2. The van der Waals surface area contributed by atoms with E-state index in [4.69, 9.17) is 0 Å². The lowest BCUT2D eigenvalue weighted by Gasteiger charge is -2.37. The Morgan fingerprint density at radius 3 is 0.925 bits per heavy atom. The van der Waals surface area contributed by atoms with E-state index in [1.807, 2.05) is 27.7 Å². The van der Waals surface area contributed by atoms with E-state index >= 15 is 0 Å². The van der Waals surface area contributed by atoms with E-state index in [0.29, 0.717) is 0 Å². The number of aryl methyl sites for hydroxylation is 3. The standard InChI is InChI=1S/C34H29IS.2C2H6/c1-24-4-14-29(15-5-24)34(30-16-6-25(2)7-17-30,31-18-8-26(3)9-19-31)32-20-10-27(11-21-32)28-12-22-33(36-35)23-13-28;2*1-2/h4-23H,1-3H3;2*1-2H3. The molecule has 0 aliphatic rings. The summed E-state index contributed by atoms with van der Waals surface area (Å²) in [6.07, 6.45) is 0. The van der Waals surface area contributed by atoms with Crippen molar-refractivity contribution in [3.63, 3.8) is 0 Å². The molecule has 0 heterocycles. The quantitative estimate of drug-likeness (QED) is 0.129. The van der Waals surface area contributed by atoms with E-state index in [2.05, 4.69) is 163 Å². The molecule has 0 aromatic heterocycles. The smallest absolute Gasteiger partial charge is 0.0683 e. The number of hydrogen-bond donors (Lipinski definition) is 0. The average Bonchev–Trinajstić information content (AvgIpc) is 3.02. The first kappa shape index (κ1) is 31.7. The van der Waals surface area contributed by atoms with Crippen LogP contribution >= 0.6 is 30.1 Å². The molecular formula is C38H41IS. The molecule has 0 aliphatic carbocycles. The summed E-state index contributed by atoms with van der Waals surface area (Å²) in [6, 6.07) is 45.1. The van der Waals surface area contributed by atoms with Gasteiger partial charge in [0.2, 0.25) is 0 Å². The Morgan fingerprint density at radius 1 is 0.400 bits per heavy atom. The fourth-order valence-electron chi connectivity index (χ4n) is 5.02. The van der Waals surface area contributed by atoms with Crippen molar-refractivity contribution in [2.24, 2.45) is 0 Å². The molecule has 0 amide bonds. The van der Waals surface area contributed by atoms with Crippen molar-refractivity contribution in [1.29, 1.82) is 0 Å².